The molecule has 0 spiro atoms. The average molecular weight is 363 g/mol. The van der Waals surface area contributed by atoms with E-state index < -0.39 is 22.9 Å². The minimum absolute atomic E-state index is 0.0929. The quantitative estimate of drug-likeness (QED) is 0.684. The minimum Gasteiger partial charge on any atom is -0.268 e. The number of alkyl halides is 3. The predicted octanol–water partition coefficient (Wildman–Crippen LogP) is 5.25. The summed E-state index contributed by atoms with van der Waals surface area (Å²) in [5.41, 5.74) is 0.783. The van der Waals surface area contributed by atoms with Crippen molar-refractivity contribution in [2.24, 2.45) is 0 Å². The van der Waals surface area contributed by atoms with Crippen molar-refractivity contribution in [2.45, 2.75) is 13.1 Å². The summed E-state index contributed by atoms with van der Waals surface area (Å²) in [4.78, 5) is 25.6. The van der Waals surface area contributed by atoms with Crippen LogP contribution in [0.25, 0.3) is 6.08 Å². The van der Waals surface area contributed by atoms with Gasteiger partial charge in [-0.25, -0.2) is 4.90 Å². The van der Waals surface area contributed by atoms with Gasteiger partial charge in [-0.2, -0.15) is 13.2 Å². The molecule has 7 heteroatoms. The number of carbonyl (C=O) groups is 2. The Morgan fingerprint density at radius 3 is 2.36 bits per heavy atom. The topological polar surface area (TPSA) is 37.4 Å². The van der Waals surface area contributed by atoms with Crippen molar-refractivity contribution in [3.8, 4) is 0 Å². The molecular weight excluding hydrogens is 351 g/mol. The fourth-order valence-electron chi connectivity index (χ4n) is 2.33. The largest absolute Gasteiger partial charge is 0.416 e. The molecule has 0 aliphatic carbocycles. The Hall–Kier alpha value is -2.54. The van der Waals surface area contributed by atoms with E-state index in [9.17, 15) is 22.8 Å². The second-order valence-corrected chi connectivity index (χ2v) is 6.47. The highest BCUT2D eigenvalue weighted by Gasteiger charge is 2.38. The highest BCUT2D eigenvalue weighted by atomic mass is 32.2. The number of anilines is 1. The molecule has 1 fully saturated rings. The van der Waals surface area contributed by atoms with Gasteiger partial charge >= 0.3 is 6.18 Å². The van der Waals surface area contributed by atoms with E-state index in [-0.39, 0.29) is 10.6 Å². The van der Waals surface area contributed by atoms with Crippen molar-refractivity contribution in [1.29, 1.82) is 0 Å². The van der Waals surface area contributed by atoms with Gasteiger partial charge in [0.1, 0.15) is 0 Å². The summed E-state index contributed by atoms with van der Waals surface area (Å²) in [7, 11) is 0. The highest BCUT2D eigenvalue weighted by molar-refractivity contribution is 8.19. The van der Waals surface area contributed by atoms with Gasteiger partial charge in [0.05, 0.1) is 16.2 Å². The van der Waals surface area contributed by atoms with E-state index in [2.05, 4.69) is 0 Å². The van der Waals surface area contributed by atoms with Gasteiger partial charge in [-0.1, -0.05) is 35.9 Å². The van der Waals surface area contributed by atoms with Gasteiger partial charge in [-0.05, 0) is 48.5 Å². The molecule has 1 saturated heterocycles. The van der Waals surface area contributed by atoms with Crippen LogP contribution in [-0.2, 0) is 11.0 Å². The van der Waals surface area contributed by atoms with Gasteiger partial charge in [0.15, 0.2) is 0 Å². The molecule has 1 aliphatic rings. The van der Waals surface area contributed by atoms with Crippen LogP contribution in [0.15, 0.2) is 53.4 Å². The molecule has 0 aromatic heterocycles. The first kappa shape index (κ1) is 17.3. The van der Waals surface area contributed by atoms with Crippen LogP contribution < -0.4 is 4.90 Å². The third-order valence-electron chi connectivity index (χ3n) is 3.60. The first-order valence-electron chi connectivity index (χ1n) is 7.27. The predicted molar refractivity (Wildman–Crippen MR) is 91.1 cm³/mol. The van der Waals surface area contributed by atoms with Crippen LogP contribution in [0.4, 0.5) is 23.7 Å². The molecule has 3 nitrogen and oxygen atoms in total. The Kier molecular flexibility index (Phi) is 4.43. The van der Waals surface area contributed by atoms with Crippen LogP contribution in [0.1, 0.15) is 16.7 Å². The summed E-state index contributed by atoms with van der Waals surface area (Å²) >= 11 is 0.706. The number of rotatable bonds is 2. The first-order chi connectivity index (χ1) is 11.8. The number of thioether (sulfide) groups is 1. The van der Waals surface area contributed by atoms with E-state index in [0.717, 1.165) is 28.2 Å². The van der Waals surface area contributed by atoms with Crippen molar-refractivity contribution in [3.63, 3.8) is 0 Å². The van der Waals surface area contributed by atoms with Crippen molar-refractivity contribution < 1.29 is 22.8 Å². The third-order valence-corrected chi connectivity index (χ3v) is 4.47. The summed E-state index contributed by atoms with van der Waals surface area (Å²) in [6.45, 7) is 1.92. The monoisotopic (exact) mass is 363 g/mol. The molecule has 25 heavy (non-hydrogen) atoms. The van der Waals surface area contributed by atoms with Crippen molar-refractivity contribution in [1.82, 2.24) is 0 Å². The number of hydrogen-bond donors (Lipinski definition) is 0. The second kappa shape index (κ2) is 6.40. The molecule has 0 radical (unpaired) electrons. The molecule has 1 heterocycles. The number of imide groups is 1. The molecule has 1 aliphatic heterocycles. The zero-order valence-electron chi connectivity index (χ0n) is 13.0. The number of hydrogen-bond acceptors (Lipinski definition) is 3. The van der Waals surface area contributed by atoms with Crippen LogP contribution in [0.2, 0.25) is 0 Å². The van der Waals surface area contributed by atoms with Crippen LogP contribution in [-0.4, -0.2) is 11.1 Å². The number of benzene rings is 2. The number of aryl methyl sites for hydroxylation is 1. The molecular formula is C18H12F3NO2S. The van der Waals surface area contributed by atoms with E-state index in [4.69, 9.17) is 0 Å². The lowest BCUT2D eigenvalue weighted by atomic mass is 10.1. The SMILES string of the molecule is Cc1ccc(/C=C2\SC(=O)N(c3cccc(C(F)(F)F)c3)C2=O)cc1. The van der Waals surface area contributed by atoms with Gasteiger partial charge < -0.3 is 0 Å². The average Bonchev–Trinajstić information content (AvgIpc) is 2.83. The molecule has 0 N–H and O–H groups in total. The van der Waals surface area contributed by atoms with E-state index >= 15 is 0 Å². The standard InChI is InChI=1S/C18H12F3NO2S/c1-11-5-7-12(8-6-11)9-15-16(23)22(17(24)25-15)14-4-2-3-13(10-14)18(19,20)21/h2-10H,1H3/b15-9-. The summed E-state index contributed by atoms with van der Waals surface area (Å²) in [5.74, 6) is -0.630. The number of amides is 2. The molecule has 2 aromatic carbocycles. The second-order valence-electron chi connectivity index (χ2n) is 5.48. The number of halogens is 3. The number of nitrogens with zero attached hydrogens (tertiary/aromatic N) is 1. The lowest BCUT2D eigenvalue weighted by Crippen LogP contribution is -2.28. The maximum atomic E-state index is 12.8. The van der Waals surface area contributed by atoms with Crippen molar-refractivity contribution >= 4 is 34.7 Å². The summed E-state index contributed by atoms with van der Waals surface area (Å²) in [6.07, 6.45) is -2.99. The summed E-state index contributed by atoms with van der Waals surface area (Å²) < 4.78 is 38.5. The molecule has 2 aromatic rings. The molecule has 0 unspecified atom stereocenters. The van der Waals surface area contributed by atoms with Gasteiger partial charge in [0.2, 0.25) is 0 Å². The highest BCUT2D eigenvalue weighted by Crippen LogP contribution is 2.38. The Bertz CT molecular complexity index is 873. The van der Waals surface area contributed by atoms with Crippen LogP contribution in [0.3, 0.4) is 0 Å². The van der Waals surface area contributed by atoms with Crippen LogP contribution in [0.5, 0.6) is 0 Å². The van der Waals surface area contributed by atoms with Crippen molar-refractivity contribution in [2.75, 3.05) is 4.90 Å². The maximum absolute atomic E-state index is 12.8. The lowest BCUT2D eigenvalue weighted by molar-refractivity contribution is -0.137. The van der Waals surface area contributed by atoms with Gasteiger partial charge in [0.25, 0.3) is 11.1 Å². The van der Waals surface area contributed by atoms with E-state index in [1.54, 1.807) is 18.2 Å². The van der Waals surface area contributed by atoms with Gasteiger partial charge in [-0.3, -0.25) is 9.59 Å². The van der Waals surface area contributed by atoms with Crippen molar-refractivity contribution in [3.05, 3.63) is 70.1 Å². The Morgan fingerprint density at radius 2 is 1.72 bits per heavy atom. The number of carbonyl (C=O) groups excluding carboxylic acids is 2. The third kappa shape index (κ3) is 3.61. The molecule has 0 saturated carbocycles. The van der Waals surface area contributed by atoms with E-state index in [1.807, 2.05) is 19.1 Å². The van der Waals surface area contributed by atoms with E-state index in [1.165, 1.54) is 12.1 Å². The first-order valence-corrected chi connectivity index (χ1v) is 8.09. The Morgan fingerprint density at radius 1 is 1.04 bits per heavy atom. The fourth-order valence-corrected chi connectivity index (χ4v) is 3.17. The lowest BCUT2D eigenvalue weighted by Gasteiger charge is -2.14. The Balaban J connectivity index is 1.93. The minimum atomic E-state index is -4.55. The van der Waals surface area contributed by atoms with E-state index in [0.29, 0.717) is 11.8 Å². The normalized spacial score (nSPS) is 16.8. The zero-order valence-corrected chi connectivity index (χ0v) is 13.8. The Labute approximate surface area is 146 Å². The fraction of sp³-hybridized carbons (Fsp3) is 0.111. The van der Waals surface area contributed by atoms with Gasteiger partial charge in [0, 0.05) is 0 Å². The molecule has 0 atom stereocenters. The molecule has 0 bridgehead atoms. The molecule has 3 rings (SSSR count). The van der Waals surface area contributed by atoms with Crippen LogP contribution >= 0.6 is 11.8 Å². The summed E-state index contributed by atoms with van der Waals surface area (Å²) in [6, 6.07) is 11.5. The smallest absolute Gasteiger partial charge is 0.268 e. The maximum Gasteiger partial charge on any atom is 0.416 e. The zero-order chi connectivity index (χ0) is 18.2. The molecule has 2 amide bonds. The van der Waals surface area contributed by atoms with Crippen LogP contribution in [0, 0.1) is 6.92 Å². The van der Waals surface area contributed by atoms with Gasteiger partial charge in [-0.15, -0.1) is 0 Å². The molecule has 128 valence electrons. The summed E-state index contributed by atoms with van der Waals surface area (Å²) in [5, 5.41) is -0.623.